The van der Waals surface area contributed by atoms with Crippen LogP contribution in [0.2, 0.25) is 0 Å². The Morgan fingerprint density at radius 1 is 0.667 bits per heavy atom. The van der Waals surface area contributed by atoms with Gasteiger partial charge in [-0.2, -0.15) is 0 Å². The summed E-state index contributed by atoms with van der Waals surface area (Å²) in [6.07, 6.45) is 0. The zero-order chi connectivity index (χ0) is 7.71. The maximum Gasteiger partial charge on any atom is 0.270 e. The highest BCUT2D eigenvalue weighted by Crippen LogP contribution is 2.49. The first-order valence-electron chi connectivity index (χ1n) is 1.58. The molecule has 0 aliphatic heterocycles. The van der Waals surface area contributed by atoms with Gasteiger partial charge < -0.3 is 8.58 Å². The molecule has 0 aliphatic carbocycles. The number of alkyl halides is 6. The van der Waals surface area contributed by atoms with Gasteiger partial charge in [0, 0.05) is 0 Å². The van der Waals surface area contributed by atoms with Crippen molar-refractivity contribution in [3.05, 3.63) is 0 Å². The molecule has 0 nitrogen and oxygen atoms in total. The SMILES string of the molecule is FC(F)(F)[P-]C(F)(F)F. The van der Waals surface area contributed by atoms with Crippen LogP contribution in [-0.2, 0) is 0 Å². The van der Waals surface area contributed by atoms with Gasteiger partial charge in [-0.3, -0.25) is 0 Å². The van der Waals surface area contributed by atoms with Crippen LogP contribution in [0.15, 0.2) is 0 Å². The molecular weight excluding hydrogens is 169 g/mol. The molecule has 0 rings (SSSR count). The lowest BCUT2D eigenvalue weighted by Crippen LogP contribution is -2.08. The maximum atomic E-state index is 10.8. The fourth-order valence-corrected chi connectivity index (χ4v) is 0.431. The van der Waals surface area contributed by atoms with Crippen molar-refractivity contribution in [3.63, 3.8) is 0 Å². The van der Waals surface area contributed by atoms with Gasteiger partial charge in [0.1, 0.15) is 0 Å². The summed E-state index contributed by atoms with van der Waals surface area (Å²) in [5.41, 5.74) is 0. The van der Waals surface area contributed by atoms with E-state index >= 15 is 0 Å². The van der Waals surface area contributed by atoms with Gasteiger partial charge in [0.15, 0.2) is 0 Å². The Hall–Kier alpha value is 0.01000. The fourth-order valence-electron chi connectivity index (χ4n) is 0.144. The van der Waals surface area contributed by atoms with Gasteiger partial charge >= 0.3 is 0 Å². The molecule has 0 atom stereocenters. The normalized spacial score (nSPS) is 14.0. The first-order valence-corrected chi connectivity index (χ1v) is 2.48. The second-order valence-corrected chi connectivity index (χ2v) is 2.29. The Bertz CT molecular complexity index is 76.2. The highest BCUT2D eigenvalue weighted by atomic mass is 31.1. The number of hydrogen-bond donors (Lipinski definition) is 0. The van der Waals surface area contributed by atoms with E-state index in [0.717, 1.165) is 0 Å². The van der Waals surface area contributed by atoms with E-state index in [1.807, 2.05) is 0 Å². The third kappa shape index (κ3) is 8.01. The minimum absolute atomic E-state index is 2.47. The summed E-state index contributed by atoms with van der Waals surface area (Å²) in [6.45, 7) is 0. The number of rotatable bonds is 0. The highest BCUT2D eigenvalue weighted by Gasteiger charge is 2.27. The van der Waals surface area contributed by atoms with Gasteiger partial charge in [-0.1, -0.05) is 0 Å². The Morgan fingerprint density at radius 2 is 0.889 bits per heavy atom. The van der Waals surface area contributed by atoms with E-state index in [1.54, 1.807) is 0 Å². The van der Waals surface area contributed by atoms with E-state index in [1.165, 1.54) is 0 Å². The van der Waals surface area contributed by atoms with Crippen LogP contribution in [-0.4, -0.2) is 11.8 Å². The molecule has 0 aliphatic rings. The second-order valence-electron chi connectivity index (χ2n) is 1.05. The van der Waals surface area contributed by atoms with Gasteiger partial charge in [0.25, 0.3) is 11.8 Å². The standard InChI is InChI=1S/C2F6P/c3-1(4,5)9-2(6,7)8/q-1. The van der Waals surface area contributed by atoms with Crippen molar-refractivity contribution < 1.29 is 26.3 Å². The van der Waals surface area contributed by atoms with E-state index in [4.69, 9.17) is 0 Å². The second kappa shape index (κ2) is 2.33. The van der Waals surface area contributed by atoms with Crippen LogP contribution in [0.25, 0.3) is 0 Å². The van der Waals surface area contributed by atoms with Crippen LogP contribution in [0.3, 0.4) is 0 Å². The van der Waals surface area contributed by atoms with Gasteiger partial charge in [-0.05, 0) is 0 Å². The molecule has 0 saturated heterocycles. The molecule has 0 aromatic heterocycles. The van der Waals surface area contributed by atoms with Crippen molar-refractivity contribution in [1.29, 1.82) is 0 Å². The molecule has 0 aromatic rings. The summed E-state index contributed by atoms with van der Waals surface area (Å²) in [7, 11) is -2.47. The van der Waals surface area contributed by atoms with E-state index < -0.39 is 20.4 Å². The minimum atomic E-state index is -5.17. The molecule has 0 radical (unpaired) electrons. The van der Waals surface area contributed by atoms with Crippen molar-refractivity contribution in [2.75, 3.05) is 0 Å². The molecule has 0 spiro atoms. The minimum Gasteiger partial charge on any atom is -0.308 e. The zero-order valence-electron chi connectivity index (χ0n) is 3.72. The lowest BCUT2D eigenvalue weighted by molar-refractivity contribution is -0.0775. The first-order chi connectivity index (χ1) is 3.71. The van der Waals surface area contributed by atoms with Crippen LogP contribution in [0.1, 0.15) is 0 Å². The number of hydrogen-bond acceptors (Lipinski definition) is 0. The summed E-state index contributed by atoms with van der Waals surface area (Å²) in [5.74, 6) is -10.3. The lowest BCUT2D eigenvalue weighted by Gasteiger charge is -2.24. The Labute approximate surface area is 48.0 Å². The summed E-state index contributed by atoms with van der Waals surface area (Å²) in [5, 5.41) is 0. The van der Waals surface area contributed by atoms with Gasteiger partial charge in [-0.15, -0.1) is 0 Å². The molecule has 0 aromatic carbocycles. The predicted octanol–water partition coefficient (Wildman–Crippen LogP) is 2.97. The van der Waals surface area contributed by atoms with E-state index in [2.05, 4.69) is 0 Å². The summed E-state index contributed by atoms with van der Waals surface area (Å²) in [4.78, 5) is 0. The van der Waals surface area contributed by atoms with Crippen LogP contribution in [0.5, 0.6) is 0 Å². The van der Waals surface area contributed by atoms with Crippen molar-refractivity contribution in [1.82, 2.24) is 0 Å². The highest BCUT2D eigenvalue weighted by molar-refractivity contribution is 7.40. The summed E-state index contributed by atoms with van der Waals surface area (Å²) in [6, 6.07) is 0. The summed E-state index contributed by atoms with van der Waals surface area (Å²) >= 11 is 0. The van der Waals surface area contributed by atoms with Gasteiger partial charge in [-0.25, -0.2) is 26.3 Å². The Kier molecular flexibility index (Phi) is 2.33. The fraction of sp³-hybridized carbons (Fsp3) is 1.00. The lowest BCUT2D eigenvalue weighted by atomic mass is 11.5. The Balaban J connectivity index is 3.75. The largest absolute Gasteiger partial charge is 0.308 e. The van der Waals surface area contributed by atoms with Crippen molar-refractivity contribution in [2.24, 2.45) is 0 Å². The molecule has 56 valence electrons. The van der Waals surface area contributed by atoms with E-state index in [0.29, 0.717) is 0 Å². The third-order valence-electron chi connectivity index (χ3n) is 0.254. The van der Waals surface area contributed by atoms with Crippen LogP contribution in [0, 0.1) is 0 Å². The van der Waals surface area contributed by atoms with Crippen molar-refractivity contribution in [2.45, 2.75) is 11.8 Å². The van der Waals surface area contributed by atoms with E-state index in [-0.39, 0.29) is 0 Å². The summed E-state index contributed by atoms with van der Waals surface area (Å²) < 4.78 is 64.9. The maximum absolute atomic E-state index is 10.8. The van der Waals surface area contributed by atoms with Crippen molar-refractivity contribution in [3.8, 4) is 0 Å². The average molecular weight is 169 g/mol. The quantitative estimate of drug-likeness (QED) is 0.386. The monoisotopic (exact) mass is 169 g/mol. The van der Waals surface area contributed by atoms with Gasteiger partial charge in [0.05, 0.1) is 0 Å². The topological polar surface area (TPSA) is 0 Å². The smallest absolute Gasteiger partial charge is 0.270 e. The Morgan fingerprint density at radius 3 is 0.889 bits per heavy atom. The van der Waals surface area contributed by atoms with Crippen LogP contribution in [0.4, 0.5) is 26.3 Å². The molecule has 0 amide bonds. The molecule has 0 unspecified atom stereocenters. The van der Waals surface area contributed by atoms with Crippen LogP contribution < -0.4 is 0 Å². The molecule has 0 heterocycles. The molecule has 0 fully saturated rings. The molecule has 9 heavy (non-hydrogen) atoms. The third-order valence-corrected chi connectivity index (χ3v) is 0.761. The first kappa shape index (κ1) is 9.01. The zero-order valence-corrected chi connectivity index (χ0v) is 4.61. The molecule has 0 saturated carbocycles. The predicted molar refractivity (Wildman–Crippen MR) is 19.0 cm³/mol. The molecule has 0 bridgehead atoms. The molecular formula is C2F6P-. The van der Waals surface area contributed by atoms with Gasteiger partial charge in [0.2, 0.25) is 0 Å². The number of halogens is 6. The average Bonchev–Trinajstić information content (AvgIpc) is 1.14. The molecule has 7 heteroatoms. The molecule has 0 N–H and O–H groups in total. The van der Waals surface area contributed by atoms with E-state index in [9.17, 15) is 26.3 Å². The van der Waals surface area contributed by atoms with Crippen LogP contribution >= 0.6 is 8.58 Å². The van der Waals surface area contributed by atoms with Crippen molar-refractivity contribution >= 4 is 8.58 Å².